The summed E-state index contributed by atoms with van der Waals surface area (Å²) < 4.78 is 5.48. The monoisotopic (exact) mass is 344 g/mol. The van der Waals surface area contributed by atoms with Crippen molar-refractivity contribution in [3.63, 3.8) is 0 Å². The predicted molar refractivity (Wildman–Crippen MR) is 96.5 cm³/mol. The number of benzene rings is 1. The van der Waals surface area contributed by atoms with Crippen LogP contribution in [0.4, 0.5) is 0 Å². The van der Waals surface area contributed by atoms with E-state index in [1.807, 2.05) is 21.9 Å². The molecule has 1 atom stereocenters. The fraction of sp³-hybridized carbons (Fsp3) is 0.600. The predicted octanol–water partition coefficient (Wildman–Crippen LogP) is 2.49. The number of carbonyl (C=O) groups excluding carboxylic acids is 2. The van der Waals surface area contributed by atoms with Gasteiger partial charge in [-0.25, -0.2) is 0 Å². The molecule has 2 aliphatic rings. The summed E-state index contributed by atoms with van der Waals surface area (Å²) in [7, 11) is 0. The fourth-order valence-corrected chi connectivity index (χ4v) is 3.48. The third kappa shape index (κ3) is 4.40. The first-order valence-corrected chi connectivity index (χ1v) is 9.47. The lowest BCUT2D eigenvalue weighted by Crippen LogP contribution is -2.52. The Bertz CT molecular complexity index is 585. The third-order valence-corrected chi connectivity index (χ3v) is 5.10. The van der Waals surface area contributed by atoms with Gasteiger partial charge in [-0.3, -0.25) is 9.59 Å². The Morgan fingerprint density at radius 1 is 1.08 bits per heavy atom. The highest BCUT2D eigenvalue weighted by Gasteiger charge is 2.31. The average Bonchev–Trinajstić information content (AvgIpc) is 3.20. The van der Waals surface area contributed by atoms with Gasteiger partial charge in [0.2, 0.25) is 0 Å². The molecule has 0 bridgehead atoms. The number of ether oxygens (including phenoxy) is 1. The summed E-state index contributed by atoms with van der Waals surface area (Å²) in [6.45, 7) is 5.24. The van der Waals surface area contributed by atoms with Gasteiger partial charge in [0.05, 0.1) is 0 Å². The zero-order chi connectivity index (χ0) is 17.6. The molecule has 0 unspecified atom stereocenters. The second-order valence-electron chi connectivity index (χ2n) is 6.92. The van der Waals surface area contributed by atoms with Gasteiger partial charge in [0.1, 0.15) is 6.10 Å². The largest absolute Gasteiger partial charge is 0.368 e. The molecule has 1 aromatic rings. The summed E-state index contributed by atoms with van der Waals surface area (Å²) in [5.41, 5.74) is 2.02. The molecule has 5 nitrogen and oxygen atoms in total. The highest BCUT2D eigenvalue weighted by molar-refractivity contribution is 5.94. The first kappa shape index (κ1) is 17.9. The minimum atomic E-state index is -0.266. The second-order valence-corrected chi connectivity index (χ2v) is 6.92. The van der Waals surface area contributed by atoms with Gasteiger partial charge in [0.25, 0.3) is 11.8 Å². The average molecular weight is 344 g/mol. The quantitative estimate of drug-likeness (QED) is 0.825. The molecule has 3 rings (SSSR count). The molecule has 1 aromatic carbocycles. The van der Waals surface area contributed by atoms with Gasteiger partial charge < -0.3 is 14.5 Å². The second kappa shape index (κ2) is 8.48. The number of nitrogens with zero attached hydrogens (tertiary/aromatic N) is 2. The Labute approximate surface area is 149 Å². The van der Waals surface area contributed by atoms with Crippen LogP contribution in [0.3, 0.4) is 0 Å². The summed E-state index contributed by atoms with van der Waals surface area (Å²) in [4.78, 5) is 28.7. The molecule has 5 heteroatoms. The normalized spacial score (nSPS) is 20.8. The summed E-state index contributed by atoms with van der Waals surface area (Å²) in [5, 5.41) is 0. The van der Waals surface area contributed by atoms with Crippen molar-refractivity contribution in [3.8, 4) is 0 Å². The van der Waals surface area contributed by atoms with E-state index in [-0.39, 0.29) is 17.9 Å². The third-order valence-electron chi connectivity index (χ3n) is 5.10. The number of hydrogen-bond acceptors (Lipinski definition) is 3. The molecular weight excluding hydrogens is 316 g/mol. The number of unbranched alkanes of at least 4 members (excludes halogenated alkanes) is 1. The highest BCUT2D eigenvalue weighted by Crippen LogP contribution is 2.17. The van der Waals surface area contributed by atoms with E-state index in [1.54, 1.807) is 0 Å². The zero-order valence-corrected chi connectivity index (χ0v) is 15.1. The van der Waals surface area contributed by atoms with Crippen molar-refractivity contribution in [3.05, 3.63) is 35.4 Å². The maximum Gasteiger partial charge on any atom is 0.253 e. The lowest BCUT2D eigenvalue weighted by atomic mass is 10.1. The van der Waals surface area contributed by atoms with E-state index in [0.29, 0.717) is 32.8 Å². The van der Waals surface area contributed by atoms with E-state index in [9.17, 15) is 9.59 Å². The number of aryl methyl sites for hydroxylation is 1. The molecule has 2 fully saturated rings. The van der Waals surface area contributed by atoms with E-state index in [4.69, 9.17) is 4.74 Å². The molecule has 25 heavy (non-hydrogen) atoms. The minimum Gasteiger partial charge on any atom is -0.368 e. The van der Waals surface area contributed by atoms with E-state index in [0.717, 1.165) is 24.8 Å². The fourth-order valence-electron chi connectivity index (χ4n) is 3.48. The highest BCUT2D eigenvalue weighted by atomic mass is 16.5. The van der Waals surface area contributed by atoms with Gasteiger partial charge in [-0.2, -0.15) is 0 Å². The Morgan fingerprint density at radius 3 is 2.36 bits per heavy atom. The Morgan fingerprint density at radius 2 is 1.76 bits per heavy atom. The van der Waals surface area contributed by atoms with Crippen LogP contribution < -0.4 is 0 Å². The molecule has 0 radical (unpaired) electrons. The molecule has 0 spiro atoms. The van der Waals surface area contributed by atoms with Crippen LogP contribution in [-0.4, -0.2) is 60.5 Å². The van der Waals surface area contributed by atoms with E-state index in [2.05, 4.69) is 19.1 Å². The molecule has 2 aliphatic heterocycles. The SMILES string of the molecule is CCCCc1ccc(C(=O)N2CCN(C(=O)[C@H]3CCCO3)CC2)cc1. The molecular formula is C20H28N2O3. The molecule has 0 N–H and O–H groups in total. The molecule has 0 saturated carbocycles. The maximum absolute atomic E-state index is 12.7. The standard InChI is InChI=1S/C20H28N2O3/c1-2-3-5-16-7-9-17(10-8-16)19(23)21-11-13-22(14-12-21)20(24)18-6-4-15-25-18/h7-10,18H,2-6,11-15H2,1H3/t18-/m1/s1. The van der Waals surface area contributed by atoms with Crippen molar-refractivity contribution in [2.24, 2.45) is 0 Å². The molecule has 2 amide bonds. The van der Waals surface area contributed by atoms with Crippen LogP contribution in [0.25, 0.3) is 0 Å². The number of piperazine rings is 1. The summed E-state index contributed by atoms with van der Waals surface area (Å²) in [5.74, 6) is 0.149. The van der Waals surface area contributed by atoms with Crippen LogP contribution >= 0.6 is 0 Å². The Balaban J connectivity index is 1.51. The topological polar surface area (TPSA) is 49.9 Å². The van der Waals surface area contributed by atoms with Crippen LogP contribution in [0.15, 0.2) is 24.3 Å². The lowest BCUT2D eigenvalue weighted by Gasteiger charge is -2.35. The van der Waals surface area contributed by atoms with Crippen molar-refractivity contribution in [1.82, 2.24) is 9.80 Å². The molecule has 0 aromatic heterocycles. The van der Waals surface area contributed by atoms with Crippen LogP contribution in [0, 0.1) is 0 Å². The number of hydrogen-bond donors (Lipinski definition) is 0. The first-order chi connectivity index (χ1) is 12.2. The summed E-state index contributed by atoms with van der Waals surface area (Å²) in [6, 6.07) is 7.97. The Kier molecular flexibility index (Phi) is 6.08. The summed E-state index contributed by atoms with van der Waals surface area (Å²) in [6.07, 6.45) is 4.93. The van der Waals surface area contributed by atoms with E-state index < -0.39 is 0 Å². The summed E-state index contributed by atoms with van der Waals surface area (Å²) >= 11 is 0. The van der Waals surface area contributed by atoms with Gasteiger partial charge in [-0.15, -0.1) is 0 Å². The molecule has 136 valence electrons. The van der Waals surface area contributed by atoms with Crippen molar-refractivity contribution in [1.29, 1.82) is 0 Å². The van der Waals surface area contributed by atoms with E-state index >= 15 is 0 Å². The van der Waals surface area contributed by atoms with Crippen molar-refractivity contribution >= 4 is 11.8 Å². The van der Waals surface area contributed by atoms with Crippen molar-refractivity contribution in [2.45, 2.75) is 45.1 Å². The molecule has 2 heterocycles. The van der Waals surface area contributed by atoms with E-state index in [1.165, 1.54) is 18.4 Å². The number of rotatable bonds is 5. The number of carbonyl (C=O) groups is 2. The van der Waals surface area contributed by atoms with Gasteiger partial charge in [0, 0.05) is 38.3 Å². The lowest BCUT2D eigenvalue weighted by molar-refractivity contribution is -0.142. The zero-order valence-electron chi connectivity index (χ0n) is 15.1. The Hall–Kier alpha value is -1.88. The van der Waals surface area contributed by atoms with Crippen molar-refractivity contribution in [2.75, 3.05) is 32.8 Å². The van der Waals surface area contributed by atoms with Crippen LogP contribution in [0.2, 0.25) is 0 Å². The maximum atomic E-state index is 12.7. The number of amides is 2. The van der Waals surface area contributed by atoms with Crippen LogP contribution in [0.1, 0.15) is 48.5 Å². The smallest absolute Gasteiger partial charge is 0.253 e. The minimum absolute atomic E-state index is 0.0613. The van der Waals surface area contributed by atoms with Gasteiger partial charge in [0.15, 0.2) is 0 Å². The molecule has 0 aliphatic carbocycles. The van der Waals surface area contributed by atoms with Crippen LogP contribution in [-0.2, 0) is 16.0 Å². The van der Waals surface area contributed by atoms with Gasteiger partial charge >= 0.3 is 0 Å². The molecule has 2 saturated heterocycles. The van der Waals surface area contributed by atoms with Gasteiger partial charge in [-0.05, 0) is 43.4 Å². The van der Waals surface area contributed by atoms with Crippen LogP contribution in [0.5, 0.6) is 0 Å². The first-order valence-electron chi connectivity index (χ1n) is 9.47. The van der Waals surface area contributed by atoms with Crippen molar-refractivity contribution < 1.29 is 14.3 Å². The van der Waals surface area contributed by atoms with Gasteiger partial charge in [-0.1, -0.05) is 25.5 Å².